The molecule has 0 heterocycles. The van der Waals surface area contributed by atoms with Crippen molar-refractivity contribution in [3.63, 3.8) is 0 Å². The molecule has 1 rings (SSSR count). The molecule has 0 saturated heterocycles. The van der Waals surface area contributed by atoms with Gasteiger partial charge in [0.2, 0.25) is 5.91 Å². The van der Waals surface area contributed by atoms with Gasteiger partial charge < -0.3 is 9.64 Å². The third-order valence-corrected chi connectivity index (χ3v) is 3.39. The van der Waals surface area contributed by atoms with Crippen LogP contribution in [0.25, 0.3) is 0 Å². The number of alkyl halides is 2. The van der Waals surface area contributed by atoms with Gasteiger partial charge in [0.1, 0.15) is 10.9 Å². The number of hydrogen-bond donors (Lipinski definition) is 0. The fraction of sp³-hybridized carbons (Fsp3) is 0.800. The largest absolute Gasteiger partial charge is 0.468 e. The normalized spacial score (nSPS) is 21.8. The lowest BCUT2D eigenvalue weighted by atomic mass is 10.2. The lowest BCUT2D eigenvalue weighted by Gasteiger charge is -2.25. The molecular weight excluding hydrogens is 253 g/mol. The summed E-state index contributed by atoms with van der Waals surface area (Å²) in [6.45, 7) is 3.59. The molecule has 1 fully saturated rings. The minimum atomic E-state index is -0.958. The van der Waals surface area contributed by atoms with E-state index in [1.807, 2.05) is 13.8 Å². The number of carbonyl (C=O) groups excluding carboxylic acids is 2. The highest BCUT2D eigenvalue weighted by Gasteiger charge is 2.57. The Kier molecular flexibility index (Phi) is 4.07. The number of carbonyl (C=O) groups is 2. The highest BCUT2D eigenvalue weighted by Crippen LogP contribution is 2.54. The summed E-state index contributed by atoms with van der Waals surface area (Å²) >= 11 is 11.6. The molecular formula is C10H15Cl2NO3. The summed E-state index contributed by atoms with van der Waals surface area (Å²) in [7, 11) is 1.29. The summed E-state index contributed by atoms with van der Waals surface area (Å²) in [5.41, 5.74) is 0. The number of nitrogens with zero attached hydrogens (tertiary/aromatic N) is 1. The zero-order valence-corrected chi connectivity index (χ0v) is 11.0. The maximum absolute atomic E-state index is 12.0. The van der Waals surface area contributed by atoms with Crippen molar-refractivity contribution in [2.45, 2.75) is 30.6 Å². The number of esters is 1. The summed E-state index contributed by atoms with van der Waals surface area (Å²) in [5.74, 6) is -1.04. The Morgan fingerprint density at radius 3 is 2.31 bits per heavy atom. The third kappa shape index (κ3) is 3.01. The van der Waals surface area contributed by atoms with Crippen molar-refractivity contribution < 1.29 is 14.3 Å². The number of halogens is 2. The molecule has 1 aliphatic rings. The summed E-state index contributed by atoms with van der Waals surface area (Å²) in [4.78, 5) is 24.6. The van der Waals surface area contributed by atoms with Gasteiger partial charge >= 0.3 is 5.97 Å². The van der Waals surface area contributed by atoms with Crippen LogP contribution in [0.4, 0.5) is 0 Å². The fourth-order valence-electron chi connectivity index (χ4n) is 1.40. The Morgan fingerprint density at radius 2 is 2.00 bits per heavy atom. The van der Waals surface area contributed by atoms with Crippen LogP contribution in [0.5, 0.6) is 0 Å². The van der Waals surface area contributed by atoms with Gasteiger partial charge in [-0.15, -0.1) is 23.2 Å². The van der Waals surface area contributed by atoms with Crippen molar-refractivity contribution in [3.8, 4) is 0 Å². The average Bonchev–Trinajstić information content (AvgIpc) is 2.82. The third-order valence-electron chi connectivity index (χ3n) is 2.56. The van der Waals surface area contributed by atoms with E-state index in [9.17, 15) is 9.59 Å². The smallest absolute Gasteiger partial charge is 0.325 e. The quantitative estimate of drug-likeness (QED) is 0.574. The molecule has 0 aromatic heterocycles. The van der Waals surface area contributed by atoms with E-state index in [-0.39, 0.29) is 18.5 Å². The van der Waals surface area contributed by atoms with Gasteiger partial charge in [-0.3, -0.25) is 9.59 Å². The Balaban J connectivity index is 2.64. The van der Waals surface area contributed by atoms with Crippen molar-refractivity contribution in [1.82, 2.24) is 4.90 Å². The summed E-state index contributed by atoms with van der Waals surface area (Å²) in [6, 6.07) is -0.0867. The van der Waals surface area contributed by atoms with Gasteiger partial charge in [0.25, 0.3) is 0 Å². The zero-order valence-electron chi connectivity index (χ0n) is 9.50. The molecule has 0 aromatic rings. The van der Waals surface area contributed by atoms with Gasteiger partial charge in [0.05, 0.1) is 13.0 Å². The average molecular weight is 268 g/mol. The Morgan fingerprint density at radius 1 is 1.50 bits per heavy atom. The first kappa shape index (κ1) is 13.6. The van der Waals surface area contributed by atoms with E-state index in [0.717, 1.165) is 0 Å². The summed E-state index contributed by atoms with van der Waals surface area (Å²) < 4.78 is 3.58. The standard InChI is InChI=1S/C10H15Cl2NO3/c1-6(2)13(5-8(14)16-3)9(15)7-4-10(7,11)12/h6-7H,4-5H2,1-3H3. The van der Waals surface area contributed by atoms with E-state index in [4.69, 9.17) is 23.2 Å². The molecule has 0 spiro atoms. The second-order valence-corrected chi connectivity index (χ2v) is 5.70. The van der Waals surface area contributed by atoms with Crippen LogP contribution in [0.1, 0.15) is 20.3 Å². The van der Waals surface area contributed by atoms with E-state index in [0.29, 0.717) is 6.42 Å². The number of rotatable bonds is 4. The van der Waals surface area contributed by atoms with Crippen LogP contribution < -0.4 is 0 Å². The molecule has 0 aromatic carbocycles. The van der Waals surface area contributed by atoms with Gasteiger partial charge in [-0.2, -0.15) is 0 Å². The predicted molar refractivity (Wildman–Crippen MR) is 61.4 cm³/mol. The van der Waals surface area contributed by atoms with E-state index < -0.39 is 16.2 Å². The Labute approximate surface area is 105 Å². The van der Waals surface area contributed by atoms with Gasteiger partial charge in [0, 0.05) is 6.04 Å². The van der Waals surface area contributed by atoms with Gasteiger partial charge in [-0.25, -0.2) is 0 Å². The highest BCUT2D eigenvalue weighted by atomic mass is 35.5. The lowest BCUT2D eigenvalue weighted by molar-refractivity contribution is -0.148. The first-order chi connectivity index (χ1) is 7.29. The first-order valence-electron chi connectivity index (χ1n) is 5.04. The molecule has 0 N–H and O–H groups in total. The summed E-state index contributed by atoms with van der Waals surface area (Å²) in [5, 5.41) is 0. The van der Waals surface area contributed by atoms with Crippen LogP contribution in [-0.4, -0.2) is 40.8 Å². The second-order valence-electron chi connectivity index (χ2n) is 4.15. The first-order valence-corrected chi connectivity index (χ1v) is 5.80. The Hall–Kier alpha value is -0.480. The molecule has 0 aliphatic heterocycles. The number of hydrogen-bond acceptors (Lipinski definition) is 3. The molecule has 92 valence electrons. The minimum Gasteiger partial charge on any atom is -0.468 e. The van der Waals surface area contributed by atoms with Crippen molar-refractivity contribution in [2.75, 3.05) is 13.7 Å². The van der Waals surface area contributed by atoms with Crippen molar-refractivity contribution in [3.05, 3.63) is 0 Å². The van der Waals surface area contributed by atoms with E-state index in [2.05, 4.69) is 4.74 Å². The maximum atomic E-state index is 12.0. The molecule has 1 amide bonds. The second kappa shape index (κ2) is 4.80. The molecule has 16 heavy (non-hydrogen) atoms. The SMILES string of the molecule is COC(=O)CN(C(=O)C1CC1(Cl)Cl)C(C)C. The molecule has 4 nitrogen and oxygen atoms in total. The molecule has 1 aliphatic carbocycles. The molecule has 1 unspecified atom stereocenters. The molecule has 1 atom stereocenters. The monoisotopic (exact) mass is 267 g/mol. The van der Waals surface area contributed by atoms with Crippen LogP contribution >= 0.6 is 23.2 Å². The zero-order chi connectivity index (χ0) is 12.5. The van der Waals surface area contributed by atoms with Crippen LogP contribution in [-0.2, 0) is 14.3 Å². The molecule has 1 saturated carbocycles. The number of ether oxygens (including phenoxy) is 1. The lowest BCUT2D eigenvalue weighted by Crippen LogP contribution is -2.42. The van der Waals surface area contributed by atoms with Crippen LogP contribution in [0.3, 0.4) is 0 Å². The predicted octanol–water partition coefficient (Wildman–Crippen LogP) is 1.59. The van der Waals surface area contributed by atoms with E-state index in [1.54, 1.807) is 0 Å². The molecule has 0 radical (unpaired) electrons. The van der Waals surface area contributed by atoms with Crippen LogP contribution in [0.2, 0.25) is 0 Å². The Bertz CT molecular complexity index is 304. The fourth-order valence-corrected chi connectivity index (χ4v) is 1.90. The van der Waals surface area contributed by atoms with Crippen molar-refractivity contribution >= 4 is 35.1 Å². The van der Waals surface area contributed by atoms with E-state index >= 15 is 0 Å². The maximum Gasteiger partial charge on any atom is 0.325 e. The van der Waals surface area contributed by atoms with Crippen LogP contribution in [0, 0.1) is 5.92 Å². The topological polar surface area (TPSA) is 46.6 Å². The molecule has 6 heteroatoms. The number of amides is 1. The number of methoxy groups -OCH3 is 1. The highest BCUT2D eigenvalue weighted by molar-refractivity contribution is 6.52. The minimum absolute atomic E-state index is 0.0621. The van der Waals surface area contributed by atoms with Gasteiger partial charge in [0.15, 0.2) is 0 Å². The molecule has 0 bridgehead atoms. The van der Waals surface area contributed by atoms with Crippen LogP contribution in [0.15, 0.2) is 0 Å². The van der Waals surface area contributed by atoms with Crippen molar-refractivity contribution in [1.29, 1.82) is 0 Å². The summed E-state index contributed by atoms with van der Waals surface area (Å²) in [6.07, 6.45) is 0.444. The van der Waals surface area contributed by atoms with Crippen molar-refractivity contribution in [2.24, 2.45) is 5.92 Å². The van der Waals surface area contributed by atoms with E-state index in [1.165, 1.54) is 12.0 Å². The van der Waals surface area contributed by atoms with Gasteiger partial charge in [-0.05, 0) is 20.3 Å². The van der Waals surface area contributed by atoms with Gasteiger partial charge in [-0.1, -0.05) is 0 Å².